The van der Waals surface area contributed by atoms with Crippen molar-refractivity contribution in [3.63, 3.8) is 0 Å². The zero-order valence-electron chi connectivity index (χ0n) is 17.2. The third-order valence-electron chi connectivity index (χ3n) is 6.15. The van der Waals surface area contributed by atoms with Gasteiger partial charge in [-0.1, -0.05) is 23.8 Å². The van der Waals surface area contributed by atoms with Gasteiger partial charge in [-0.3, -0.25) is 9.13 Å². The number of aromatic nitrogens is 6. The number of fused-ring (bicyclic) bond motifs is 3. The van der Waals surface area contributed by atoms with E-state index in [4.69, 9.17) is 0 Å². The first kappa shape index (κ1) is 18.9. The molecule has 5 aromatic rings. The minimum atomic E-state index is -0.555. The van der Waals surface area contributed by atoms with Crippen molar-refractivity contribution in [3.8, 4) is 5.95 Å². The number of aromatic amines is 1. The van der Waals surface area contributed by atoms with E-state index in [0.29, 0.717) is 41.0 Å². The summed E-state index contributed by atoms with van der Waals surface area (Å²) in [5.41, 5.74) is 4.63. The molecule has 0 fully saturated rings. The molecule has 1 aliphatic carbocycles. The summed E-state index contributed by atoms with van der Waals surface area (Å²) in [5.74, 6) is -0.0923. The van der Waals surface area contributed by atoms with Gasteiger partial charge < -0.3 is 10.1 Å². The Morgan fingerprint density at radius 3 is 2.88 bits per heavy atom. The van der Waals surface area contributed by atoms with Crippen LogP contribution in [0.1, 0.15) is 41.7 Å². The van der Waals surface area contributed by atoms with Crippen molar-refractivity contribution >= 4 is 22.2 Å². The molecule has 0 spiro atoms. The van der Waals surface area contributed by atoms with E-state index in [0.717, 1.165) is 16.7 Å². The number of rotatable bonds is 2. The molecule has 2 aromatic carbocycles. The van der Waals surface area contributed by atoms with Crippen LogP contribution in [0.25, 0.3) is 28.1 Å². The SMILES string of the molecule is Cc1ccc2c(c1)C(n1c(=O)[nH]c3cnc(-n4cnc5ccc(F)cc54)nc31)CC[C@H]2O. The zero-order chi connectivity index (χ0) is 22.0. The number of nitrogens with one attached hydrogen (secondary N) is 1. The zero-order valence-corrected chi connectivity index (χ0v) is 17.2. The van der Waals surface area contributed by atoms with Crippen LogP contribution < -0.4 is 5.69 Å². The second-order valence-electron chi connectivity index (χ2n) is 8.20. The molecular weight excluding hydrogens is 411 g/mol. The lowest BCUT2D eigenvalue weighted by atomic mass is 9.84. The number of hydrogen-bond donors (Lipinski definition) is 2. The molecule has 0 saturated carbocycles. The van der Waals surface area contributed by atoms with Gasteiger partial charge in [0, 0.05) is 6.07 Å². The van der Waals surface area contributed by atoms with Crippen molar-refractivity contribution < 1.29 is 9.50 Å². The monoisotopic (exact) mass is 430 g/mol. The lowest BCUT2D eigenvalue weighted by Crippen LogP contribution is -2.28. The highest BCUT2D eigenvalue weighted by atomic mass is 19.1. The maximum Gasteiger partial charge on any atom is 0.328 e. The third-order valence-corrected chi connectivity index (χ3v) is 6.15. The maximum atomic E-state index is 13.8. The minimum Gasteiger partial charge on any atom is -0.388 e. The summed E-state index contributed by atoms with van der Waals surface area (Å²) in [7, 11) is 0. The average Bonchev–Trinajstić information content (AvgIpc) is 3.33. The Morgan fingerprint density at radius 2 is 2.00 bits per heavy atom. The summed E-state index contributed by atoms with van der Waals surface area (Å²) >= 11 is 0. The van der Waals surface area contributed by atoms with Crippen molar-refractivity contribution in [2.75, 3.05) is 0 Å². The van der Waals surface area contributed by atoms with E-state index >= 15 is 0 Å². The molecule has 6 rings (SSSR count). The Kier molecular flexibility index (Phi) is 4.03. The maximum absolute atomic E-state index is 13.8. The van der Waals surface area contributed by atoms with E-state index in [9.17, 15) is 14.3 Å². The van der Waals surface area contributed by atoms with Gasteiger partial charge in [-0.15, -0.1) is 0 Å². The molecule has 0 bridgehead atoms. The Bertz CT molecular complexity index is 1570. The highest BCUT2D eigenvalue weighted by Gasteiger charge is 2.30. The van der Waals surface area contributed by atoms with Crippen LogP contribution in [0.2, 0.25) is 0 Å². The molecule has 32 heavy (non-hydrogen) atoms. The van der Waals surface area contributed by atoms with E-state index in [1.54, 1.807) is 21.4 Å². The average molecular weight is 430 g/mol. The summed E-state index contributed by atoms with van der Waals surface area (Å²) in [6, 6.07) is 9.96. The van der Waals surface area contributed by atoms with Crippen molar-refractivity contribution in [2.24, 2.45) is 0 Å². The van der Waals surface area contributed by atoms with Crippen LogP contribution >= 0.6 is 0 Å². The molecule has 160 valence electrons. The van der Waals surface area contributed by atoms with Gasteiger partial charge in [-0.2, -0.15) is 4.98 Å². The van der Waals surface area contributed by atoms with Gasteiger partial charge in [0.15, 0.2) is 5.65 Å². The number of benzene rings is 2. The second kappa shape index (κ2) is 6.83. The number of aliphatic hydroxyl groups is 1. The van der Waals surface area contributed by atoms with E-state index in [1.807, 2.05) is 25.1 Å². The molecule has 3 aromatic heterocycles. The molecular formula is C23H19FN6O2. The molecule has 1 aliphatic rings. The predicted octanol–water partition coefficient (Wildman–Crippen LogP) is 3.32. The summed E-state index contributed by atoms with van der Waals surface area (Å²) in [6.07, 6.45) is 3.68. The largest absolute Gasteiger partial charge is 0.388 e. The number of nitrogens with zero attached hydrogens (tertiary/aromatic N) is 5. The molecule has 2 N–H and O–H groups in total. The second-order valence-corrected chi connectivity index (χ2v) is 8.20. The van der Waals surface area contributed by atoms with Crippen LogP contribution in [-0.2, 0) is 0 Å². The van der Waals surface area contributed by atoms with Crippen molar-refractivity contribution in [1.82, 2.24) is 29.1 Å². The lowest BCUT2D eigenvalue weighted by molar-refractivity contribution is 0.147. The third kappa shape index (κ3) is 2.78. The minimum absolute atomic E-state index is 0.269. The van der Waals surface area contributed by atoms with Gasteiger partial charge in [-0.25, -0.2) is 19.2 Å². The molecule has 9 heteroatoms. The van der Waals surface area contributed by atoms with E-state index in [2.05, 4.69) is 19.9 Å². The highest BCUT2D eigenvalue weighted by Crippen LogP contribution is 2.39. The Hall–Kier alpha value is -3.85. The number of aliphatic hydroxyl groups excluding tert-OH is 1. The first-order valence-corrected chi connectivity index (χ1v) is 10.4. The number of aryl methyl sites for hydroxylation is 1. The van der Waals surface area contributed by atoms with Crippen LogP contribution in [0.5, 0.6) is 0 Å². The Labute approximate surface area is 181 Å². The topological polar surface area (TPSA) is 102 Å². The van der Waals surface area contributed by atoms with Crippen LogP contribution in [0.3, 0.4) is 0 Å². The summed E-state index contributed by atoms with van der Waals surface area (Å²) in [4.78, 5) is 29.1. The first-order valence-electron chi connectivity index (χ1n) is 10.4. The molecule has 0 radical (unpaired) electrons. The van der Waals surface area contributed by atoms with E-state index < -0.39 is 6.10 Å². The van der Waals surface area contributed by atoms with Crippen molar-refractivity contribution in [1.29, 1.82) is 0 Å². The van der Waals surface area contributed by atoms with Crippen molar-refractivity contribution in [2.45, 2.75) is 31.9 Å². The number of imidazole rings is 2. The summed E-state index contributed by atoms with van der Waals surface area (Å²) in [5, 5.41) is 10.5. The summed E-state index contributed by atoms with van der Waals surface area (Å²) in [6.45, 7) is 1.99. The van der Waals surface area contributed by atoms with Crippen LogP contribution in [0.4, 0.5) is 4.39 Å². The van der Waals surface area contributed by atoms with Crippen LogP contribution in [0.15, 0.2) is 53.7 Å². The fraction of sp³-hybridized carbons (Fsp3) is 0.217. The normalized spacial score (nSPS) is 18.3. The molecule has 0 aliphatic heterocycles. The first-order chi connectivity index (χ1) is 15.5. The van der Waals surface area contributed by atoms with Crippen LogP contribution in [-0.4, -0.2) is 34.2 Å². The fourth-order valence-corrected chi connectivity index (χ4v) is 4.63. The van der Waals surface area contributed by atoms with Gasteiger partial charge in [-0.05, 0) is 43.0 Å². The molecule has 0 saturated heterocycles. The molecule has 3 heterocycles. The fourth-order valence-electron chi connectivity index (χ4n) is 4.63. The van der Waals surface area contributed by atoms with E-state index in [-0.39, 0.29) is 17.5 Å². The molecule has 1 unspecified atom stereocenters. The standard InChI is InChI=1S/C23H19FN6O2/c1-12-2-4-14-15(8-12)18(6-7-20(14)31)30-21-17(27-23(30)32)10-25-22(28-21)29-11-26-16-5-3-13(24)9-19(16)29/h2-5,8-11,18,20,31H,6-7H2,1H3,(H,27,32)/t18?,20-/m1/s1. The Morgan fingerprint density at radius 1 is 1.12 bits per heavy atom. The van der Waals surface area contributed by atoms with Gasteiger partial charge in [0.05, 0.1) is 29.4 Å². The van der Waals surface area contributed by atoms with Crippen LogP contribution in [0, 0.1) is 12.7 Å². The number of hydrogen-bond acceptors (Lipinski definition) is 5. The lowest BCUT2D eigenvalue weighted by Gasteiger charge is -2.30. The summed E-state index contributed by atoms with van der Waals surface area (Å²) < 4.78 is 17.1. The number of halogens is 1. The van der Waals surface area contributed by atoms with Crippen molar-refractivity contribution in [3.05, 3.63) is 81.9 Å². The smallest absolute Gasteiger partial charge is 0.328 e. The number of H-pyrrole nitrogens is 1. The molecule has 2 atom stereocenters. The van der Waals surface area contributed by atoms with Gasteiger partial charge in [0.2, 0.25) is 5.95 Å². The van der Waals surface area contributed by atoms with Gasteiger partial charge >= 0.3 is 5.69 Å². The quantitative estimate of drug-likeness (QED) is 0.447. The van der Waals surface area contributed by atoms with E-state index in [1.165, 1.54) is 18.5 Å². The molecule has 0 amide bonds. The van der Waals surface area contributed by atoms with Gasteiger partial charge in [0.25, 0.3) is 0 Å². The molecule has 8 nitrogen and oxygen atoms in total. The highest BCUT2D eigenvalue weighted by molar-refractivity contribution is 5.77. The van der Waals surface area contributed by atoms with Gasteiger partial charge in [0.1, 0.15) is 17.7 Å². The Balaban J connectivity index is 1.56. The predicted molar refractivity (Wildman–Crippen MR) is 116 cm³/mol.